The Hall–Kier alpha value is -1.84. The Labute approximate surface area is 183 Å². The summed E-state index contributed by atoms with van der Waals surface area (Å²) in [5.74, 6) is 1.94. The number of aliphatic hydroxyl groups is 1. The van der Waals surface area contributed by atoms with E-state index in [4.69, 9.17) is 10.5 Å². The number of nitrogens with one attached hydrogen (secondary N) is 1. The Bertz CT molecular complexity index is 734. The Balaban J connectivity index is 0.00000280. The molecule has 6 nitrogen and oxygen atoms in total. The van der Waals surface area contributed by atoms with E-state index in [0.717, 1.165) is 56.1 Å². The minimum absolute atomic E-state index is 0. The number of ether oxygens (including phenoxy) is 1. The first-order chi connectivity index (χ1) is 13.2. The number of nitrogens with two attached hydrogens (primary N) is 1. The van der Waals surface area contributed by atoms with Crippen LogP contribution < -0.4 is 15.8 Å². The van der Waals surface area contributed by atoms with Gasteiger partial charge in [-0.25, -0.2) is 0 Å². The third kappa shape index (κ3) is 7.65. The molecule has 1 aliphatic heterocycles. The number of likely N-dealkylation sites (tertiary alicyclic amines) is 1. The van der Waals surface area contributed by atoms with E-state index in [9.17, 15) is 5.11 Å². The summed E-state index contributed by atoms with van der Waals surface area (Å²) in [5.41, 5.74) is 6.84. The number of aliphatic hydroxyl groups excluding tert-OH is 1. The van der Waals surface area contributed by atoms with Gasteiger partial charge >= 0.3 is 0 Å². The van der Waals surface area contributed by atoms with Crippen LogP contribution in [0.25, 0.3) is 0 Å². The lowest BCUT2D eigenvalue weighted by molar-refractivity contribution is 0.0824. The van der Waals surface area contributed by atoms with Gasteiger partial charge in [-0.1, -0.05) is 24.3 Å². The fraction of sp³-hybridized carbons (Fsp3) is 0.381. The average Bonchev–Trinajstić information content (AvgIpc) is 2.68. The number of hydrogen-bond acceptors (Lipinski definition) is 4. The molecule has 0 bridgehead atoms. The van der Waals surface area contributed by atoms with Crippen molar-refractivity contribution in [3.8, 4) is 11.5 Å². The van der Waals surface area contributed by atoms with Gasteiger partial charge in [0.15, 0.2) is 5.96 Å². The zero-order chi connectivity index (χ0) is 18.9. The summed E-state index contributed by atoms with van der Waals surface area (Å²) in [6.45, 7) is 3.60. The smallest absolute Gasteiger partial charge is 0.193 e. The van der Waals surface area contributed by atoms with Gasteiger partial charge in [0.05, 0.1) is 6.10 Å². The number of piperidine rings is 1. The van der Waals surface area contributed by atoms with Gasteiger partial charge < -0.3 is 25.8 Å². The number of hydrogen-bond donors (Lipinski definition) is 3. The van der Waals surface area contributed by atoms with Crippen LogP contribution in [0.1, 0.15) is 19.3 Å². The normalized spacial score (nSPS) is 15.7. The first-order valence-electron chi connectivity index (χ1n) is 9.49. The molecular formula is C21H29IN4O2. The number of aliphatic imine (C=N–C) groups is 1. The maximum Gasteiger partial charge on any atom is 0.193 e. The molecule has 1 heterocycles. The average molecular weight is 496 g/mol. The maximum atomic E-state index is 9.53. The highest BCUT2D eigenvalue weighted by Crippen LogP contribution is 2.23. The zero-order valence-electron chi connectivity index (χ0n) is 16.0. The van der Waals surface area contributed by atoms with Crippen molar-refractivity contribution in [1.82, 2.24) is 4.90 Å². The highest BCUT2D eigenvalue weighted by molar-refractivity contribution is 14.0. The third-order valence-corrected chi connectivity index (χ3v) is 4.56. The minimum atomic E-state index is -0.124. The molecule has 0 unspecified atom stereocenters. The van der Waals surface area contributed by atoms with E-state index in [1.807, 2.05) is 54.6 Å². The molecule has 1 fully saturated rings. The van der Waals surface area contributed by atoms with Crippen LogP contribution in [0.5, 0.6) is 11.5 Å². The lowest BCUT2D eigenvalue weighted by atomic mass is 10.1. The molecule has 28 heavy (non-hydrogen) atoms. The van der Waals surface area contributed by atoms with Crippen molar-refractivity contribution in [3.63, 3.8) is 0 Å². The quantitative estimate of drug-likeness (QED) is 0.236. The van der Waals surface area contributed by atoms with Gasteiger partial charge in [0, 0.05) is 31.4 Å². The molecule has 1 aliphatic rings. The molecule has 2 aromatic carbocycles. The first-order valence-corrected chi connectivity index (χ1v) is 9.49. The molecule has 0 aromatic heterocycles. The van der Waals surface area contributed by atoms with E-state index in [1.54, 1.807) is 0 Å². The van der Waals surface area contributed by atoms with Crippen molar-refractivity contribution < 1.29 is 9.84 Å². The summed E-state index contributed by atoms with van der Waals surface area (Å²) in [5, 5.41) is 12.6. The van der Waals surface area contributed by atoms with Crippen molar-refractivity contribution in [2.45, 2.75) is 25.4 Å². The molecule has 2 aromatic rings. The largest absolute Gasteiger partial charge is 0.457 e. The lowest BCUT2D eigenvalue weighted by Crippen LogP contribution is -2.36. The van der Waals surface area contributed by atoms with E-state index in [1.165, 1.54) is 0 Å². The van der Waals surface area contributed by atoms with Gasteiger partial charge in [0.1, 0.15) is 11.5 Å². The van der Waals surface area contributed by atoms with Crippen LogP contribution in [0.3, 0.4) is 0 Å². The number of rotatable bonds is 7. The second-order valence-electron chi connectivity index (χ2n) is 6.76. The van der Waals surface area contributed by atoms with Crippen LogP contribution in [0.2, 0.25) is 0 Å². The van der Waals surface area contributed by atoms with Gasteiger partial charge in [-0.3, -0.25) is 4.99 Å². The monoisotopic (exact) mass is 496 g/mol. The molecule has 0 spiro atoms. The van der Waals surface area contributed by atoms with Gasteiger partial charge in [-0.2, -0.15) is 0 Å². The van der Waals surface area contributed by atoms with E-state index in [2.05, 4.69) is 15.2 Å². The fourth-order valence-corrected chi connectivity index (χ4v) is 3.09. The van der Waals surface area contributed by atoms with Crippen LogP contribution in [-0.2, 0) is 0 Å². The van der Waals surface area contributed by atoms with Gasteiger partial charge in [-0.15, -0.1) is 24.0 Å². The highest BCUT2D eigenvalue weighted by Gasteiger charge is 2.15. The zero-order valence-corrected chi connectivity index (χ0v) is 18.3. The van der Waals surface area contributed by atoms with Crippen LogP contribution >= 0.6 is 24.0 Å². The molecular weight excluding hydrogens is 467 g/mol. The topological polar surface area (TPSA) is 83.1 Å². The summed E-state index contributed by atoms with van der Waals surface area (Å²) in [7, 11) is 0. The van der Waals surface area contributed by atoms with Crippen molar-refractivity contribution >= 4 is 35.6 Å². The Morgan fingerprint density at radius 3 is 2.57 bits per heavy atom. The molecule has 1 saturated heterocycles. The van der Waals surface area contributed by atoms with Crippen molar-refractivity contribution in [1.29, 1.82) is 0 Å². The lowest BCUT2D eigenvalue weighted by Gasteiger charge is -2.29. The molecule has 0 saturated carbocycles. The van der Waals surface area contributed by atoms with E-state index in [0.29, 0.717) is 12.5 Å². The summed E-state index contributed by atoms with van der Waals surface area (Å²) in [6.07, 6.45) is 2.57. The third-order valence-electron chi connectivity index (χ3n) is 4.56. The predicted molar refractivity (Wildman–Crippen MR) is 125 cm³/mol. The van der Waals surface area contributed by atoms with E-state index >= 15 is 0 Å². The predicted octanol–water partition coefficient (Wildman–Crippen LogP) is 3.67. The Morgan fingerprint density at radius 2 is 1.82 bits per heavy atom. The molecule has 0 atom stereocenters. The van der Waals surface area contributed by atoms with Crippen LogP contribution in [0, 0.1) is 0 Å². The Kier molecular flexibility index (Phi) is 9.52. The molecule has 0 radical (unpaired) electrons. The fourth-order valence-electron chi connectivity index (χ4n) is 3.09. The van der Waals surface area contributed by atoms with Crippen molar-refractivity contribution in [3.05, 3.63) is 54.6 Å². The molecule has 7 heteroatoms. The minimum Gasteiger partial charge on any atom is -0.457 e. The summed E-state index contributed by atoms with van der Waals surface area (Å²) < 4.78 is 5.83. The SMILES string of the molecule is I.NC(=NCCCN1CCC(O)CC1)Nc1cccc(Oc2ccccc2)c1. The van der Waals surface area contributed by atoms with Crippen LogP contribution in [-0.4, -0.2) is 48.2 Å². The molecule has 4 N–H and O–H groups in total. The standard InChI is InChI=1S/C21H28N4O2.HI/c22-21(23-12-5-13-25-14-10-18(26)11-15-25)24-17-6-4-9-20(16-17)27-19-7-2-1-3-8-19;/h1-4,6-9,16,18,26H,5,10-15H2,(H3,22,23,24);1H. The number of nitrogens with zero attached hydrogens (tertiary/aromatic N) is 2. The van der Waals surface area contributed by atoms with Gasteiger partial charge in [0.2, 0.25) is 0 Å². The van der Waals surface area contributed by atoms with E-state index in [-0.39, 0.29) is 30.1 Å². The van der Waals surface area contributed by atoms with Gasteiger partial charge in [0.25, 0.3) is 0 Å². The highest BCUT2D eigenvalue weighted by atomic mass is 127. The second-order valence-corrected chi connectivity index (χ2v) is 6.76. The molecule has 3 rings (SSSR count). The summed E-state index contributed by atoms with van der Waals surface area (Å²) in [4.78, 5) is 6.77. The summed E-state index contributed by atoms with van der Waals surface area (Å²) >= 11 is 0. The molecule has 152 valence electrons. The van der Waals surface area contributed by atoms with E-state index < -0.39 is 0 Å². The second kappa shape index (κ2) is 11.9. The number of anilines is 1. The van der Waals surface area contributed by atoms with Crippen LogP contribution in [0.15, 0.2) is 59.6 Å². The maximum absolute atomic E-state index is 9.53. The van der Waals surface area contributed by atoms with Crippen molar-refractivity contribution in [2.24, 2.45) is 10.7 Å². The molecule has 0 amide bonds. The van der Waals surface area contributed by atoms with Crippen LogP contribution in [0.4, 0.5) is 5.69 Å². The number of benzene rings is 2. The summed E-state index contributed by atoms with van der Waals surface area (Å²) in [6, 6.07) is 17.3. The number of halogens is 1. The van der Waals surface area contributed by atoms with Crippen molar-refractivity contribution in [2.75, 3.05) is 31.5 Å². The Morgan fingerprint density at radius 1 is 1.11 bits per heavy atom. The first kappa shape index (κ1) is 22.4. The number of guanidine groups is 1. The number of para-hydroxylation sites is 1. The van der Waals surface area contributed by atoms with Gasteiger partial charge in [-0.05, 0) is 50.1 Å². The molecule has 0 aliphatic carbocycles.